The Morgan fingerprint density at radius 2 is 2.07 bits per heavy atom. The Bertz CT molecular complexity index is 880. The third-order valence-electron chi connectivity index (χ3n) is 4.22. The normalized spacial score (nSPS) is 15.6. The highest BCUT2D eigenvalue weighted by Crippen LogP contribution is 2.21. The molecule has 0 atom stereocenters. The third kappa shape index (κ3) is 4.71. The number of ether oxygens (including phenoxy) is 1. The highest BCUT2D eigenvalue weighted by Gasteiger charge is 2.29. The van der Waals surface area contributed by atoms with E-state index in [9.17, 15) is 17.6 Å². The number of rotatable bonds is 7. The lowest BCUT2D eigenvalue weighted by Crippen LogP contribution is -2.41. The van der Waals surface area contributed by atoms with Crippen LogP contribution in [0.3, 0.4) is 0 Å². The second-order valence-electron chi connectivity index (χ2n) is 6.07. The highest BCUT2D eigenvalue weighted by molar-refractivity contribution is 7.89. The molecule has 0 unspecified atom stereocenters. The summed E-state index contributed by atoms with van der Waals surface area (Å²) in [4.78, 5) is 15.7. The molecule has 1 aliphatic rings. The van der Waals surface area contributed by atoms with Crippen LogP contribution in [0.1, 0.15) is 16.8 Å². The molecular formula is C17H21FN4O4S. The van der Waals surface area contributed by atoms with Crippen molar-refractivity contribution in [3.63, 3.8) is 0 Å². The molecule has 146 valence electrons. The first-order chi connectivity index (χ1) is 13.0. The number of aryl methyl sites for hydroxylation is 1. The molecule has 0 spiro atoms. The molecule has 27 heavy (non-hydrogen) atoms. The number of nitrogens with one attached hydrogen (secondary N) is 1. The van der Waals surface area contributed by atoms with Crippen LogP contribution in [0.2, 0.25) is 0 Å². The van der Waals surface area contributed by atoms with Gasteiger partial charge in [-0.2, -0.15) is 4.31 Å². The number of halogens is 1. The van der Waals surface area contributed by atoms with E-state index in [-0.39, 0.29) is 31.9 Å². The van der Waals surface area contributed by atoms with Gasteiger partial charge in [-0.05, 0) is 24.6 Å². The predicted molar refractivity (Wildman–Crippen MR) is 95.2 cm³/mol. The Kier molecular flexibility index (Phi) is 6.19. The van der Waals surface area contributed by atoms with Crippen molar-refractivity contribution in [2.24, 2.45) is 0 Å². The van der Waals surface area contributed by atoms with E-state index in [2.05, 4.69) is 10.3 Å². The highest BCUT2D eigenvalue weighted by atomic mass is 32.2. The van der Waals surface area contributed by atoms with Crippen LogP contribution in [0.4, 0.5) is 4.39 Å². The largest absolute Gasteiger partial charge is 0.379 e. The standard InChI is InChI=1S/C17H21FN4O4S/c18-15-3-2-14(17(23)20-4-1-6-21-7-5-19-13-21)12-16(15)27(24,25)22-8-10-26-11-9-22/h2-3,5,7,12-13H,1,4,6,8-11H2,(H,20,23). The number of hydrogen-bond acceptors (Lipinski definition) is 5. The van der Waals surface area contributed by atoms with Crippen LogP contribution in [-0.2, 0) is 21.3 Å². The first-order valence-corrected chi connectivity index (χ1v) is 10.0. The summed E-state index contributed by atoms with van der Waals surface area (Å²) in [6.07, 6.45) is 5.87. The van der Waals surface area contributed by atoms with E-state index in [0.717, 1.165) is 12.1 Å². The van der Waals surface area contributed by atoms with E-state index < -0.39 is 26.6 Å². The van der Waals surface area contributed by atoms with Crippen LogP contribution in [0.15, 0.2) is 41.8 Å². The number of sulfonamides is 1. The van der Waals surface area contributed by atoms with Gasteiger partial charge < -0.3 is 14.6 Å². The lowest BCUT2D eigenvalue weighted by Gasteiger charge is -2.26. The molecule has 1 amide bonds. The Morgan fingerprint density at radius 1 is 1.30 bits per heavy atom. The monoisotopic (exact) mass is 396 g/mol. The van der Waals surface area contributed by atoms with Gasteiger partial charge >= 0.3 is 0 Å². The van der Waals surface area contributed by atoms with Crippen LogP contribution < -0.4 is 5.32 Å². The average molecular weight is 396 g/mol. The van der Waals surface area contributed by atoms with Crippen LogP contribution in [0.25, 0.3) is 0 Å². The number of imidazole rings is 1. The molecule has 1 aromatic carbocycles. The molecule has 0 radical (unpaired) electrons. The summed E-state index contributed by atoms with van der Waals surface area (Å²) in [5.74, 6) is -1.32. The van der Waals surface area contributed by atoms with Gasteiger partial charge in [0.25, 0.3) is 5.91 Å². The molecule has 0 bridgehead atoms. The van der Waals surface area contributed by atoms with Crippen molar-refractivity contribution in [3.8, 4) is 0 Å². The van der Waals surface area contributed by atoms with Gasteiger partial charge in [0.2, 0.25) is 10.0 Å². The lowest BCUT2D eigenvalue weighted by atomic mass is 10.2. The molecule has 1 saturated heterocycles. The van der Waals surface area contributed by atoms with E-state index in [4.69, 9.17) is 4.74 Å². The number of aromatic nitrogens is 2. The first-order valence-electron chi connectivity index (χ1n) is 8.60. The van der Waals surface area contributed by atoms with Crippen molar-refractivity contribution in [3.05, 3.63) is 48.3 Å². The number of nitrogens with zero attached hydrogens (tertiary/aromatic N) is 3. The van der Waals surface area contributed by atoms with E-state index in [0.29, 0.717) is 19.5 Å². The number of hydrogen-bond donors (Lipinski definition) is 1. The SMILES string of the molecule is O=C(NCCCn1ccnc1)c1ccc(F)c(S(=O)(=O)N2CCOCC2)c1. The zero-order valence-corrected chi connectivity index (χ0v) is 15.5. The van der Waals surface area contributed by atoms with Crippen molar-refractivity contribution >= 4 is 15.9 Å². The zero-order chi connectivity index (χ0) is 19.3. The molecule has 0 aliphatic carbocycles. The van der Waals surface area contributed by atoms with E-state index >= 15 is 0 Å². The minimum absolute atomic E-state index is 0.103. The van der Waals surface area contributed by atoms with Crippen LogP contribution in [0.5, 0.6) is 0 Å². The van der Waals surface area contributed by atoms with Gasteiger partial charge in [-0.25, -0.2) is 17.8 Å². The van der Waals surface area contributed by atoms with E-state index in [1.54, 1.807) is 12.5 Å². The van der Waals surface area contributed by atoms with Crippen LogP contribution in [-0.4, -0.2) is 61.0 Å². The molecule has 1 N–H and O–H groups in total. The summed E-state index contributed by atoms with van der Waals surface area (Å²) in [5.41, 5.74) is 0.103. The Labute approximate surface area is 157 Å². The van der Waals surface area contributed by atoms with Crippen molar-refractivity contribution in [2.75, 3.05) is 32.8 Å². The van der Waals surface area contributed by atoms with Crippen molar-refractivity contribution in [1.82, 2.24) is 19.2 Å². The first kappa shape index (κ1) is 19.5. The summed E-state index contributed by atoms with van der Waals surface area (Å²) >= 11 is 0. The lowest BCUT2D eigenvalue weighted by molar-refractivity contribution is 0.0729. The van der Waals surface area contributed by atoms with Gasteiger partial charge in [0.05, 0.1) is 19.5 Å². The smallest absolute Gasteiger partial charge is 0.251 e. The fourth-order valence-electron chi connectivity index (χ4n) is 2.75. The molecule has 1 fully saturated rings. The summed E-state index contributed by atoms with van der Waals surface area (Å²) < 4.78 is 47.7. The Hall–Kier alpha value is -2.30. The fraction of sp³-hybridized carbons (Fsp3) is 0.412. The molecule has 2 aromatic rings. The molecule has 3 rings (SSSR count). The quantitative estimate of drug-likeness (QED) is 0.701. The maximum absolute atomic E-state index is 14.2. The molecular weight excluding hydrogens is 375 g/mol. The molecule has 1 aliphatic heterocycles. The third-order valence-corrected chi connectivity index (χ3v) is 6.13. The predicted octanol–water partition coefficient (Wildman–Crippen LogP) is 0.863. The second kappa shape index (κ2) is 8.59. The average Bonchev–Trinajstić information content (AvgIpc) is 3.19. The molecule has 8 nitrogen and oxygen atoms in total. The Balaban J connectivity index is 1.65. The second-order valence-corrected chi connectivity index (χ2v) is 7.98. The maximum atomic E-state index is 14.2. The van der Waals surface area contributed by atoms with Crippen molar-refractivity contribution in [2.45, 2.75) is 17.9 Å². The van der Waals surface area contributed by atoms with E-state index in [1.165, 1.54) is 10.4 Å². The summed E-state index contributed by atoms with van der Waals surface area (Å²) in [6, 6.07) is 3.37. The number of amides is 1. The van der Waals surface area contributed by atoms with Crippen molar-refractivity contribution in [1.29, 1.82) is 0 Å². The van der Waals surface area contributed by atoms with Gasteiger partial charge in [-0.15, -0.1) is 0 Å². The number of carbonyl (C=O) groups excluding carboxylic acids is 1. The molecule has 2 heterocycles. The van der Waals surface area contributed by atoms with Crippen molar-refractivity contribution < 1.29 is 22.3 Å². The number of benzene rings is 1. The van der Waals surface area contributed by atoms with Gasteiger partial charge in [-0.1, -0.05) is 0 Å². The van der Waals surface area contributed by atoms with Crippen LogP contribution >= 0.6 is 0 Å². The molecule has 1 aromatic heterocycles. The minimum Gasteiger partial charge on any atom is -0.379 e. The fourth-order valence-corrected chi connectivity index (χ4v) is 4.25. The number of morpholine rings is 1. The van der Waals surface area contributed by atoms with Gasteiger partial charge in [0, 0.05) is 44.1 Å². The zero-order valence-electron chi connectivity index (χ0n) is 14.7. The molecule has 10 heteroatoms. The van der Waals surface area contributed by atoms with Gasteiger partial charge in [0.1, 0.15) is 10.7 Å². The Morgan fingerprint density at radius 3 is 2.78 bits per heavy atom. The topological polar surface area (TPSA) is 93.5 Å². The summed E-state index contributed by atoms with van der Waals surface area (Å²) in [5, 5.41) is 2.72. The minimum atomic E-state index is -4.02. The van der Waals surface area contributed by atoms with Crippen LogP contribution in [0, 0.1) is 5.82 Å². The molecule has 0 saturated carbocycles. The summed E-state index contributed by atoms with van der Waals surface area (Å²) in [7, 11) is -4.02. The van der Waals surface area contributed by atoms with E-state index in [1.807, 2.05) is 10.8 Å². The maximum Gasteiger partial charge on any atom is 0.251 e. The number of carbonyl (C=O) groups is 1. The summed E-state index contributed by atoms with van der Waals surface area (Å²) in [6.45, 7) is 1.94. The van der Waals surface area contributed by atoms with Gasteiger partial charge in [-0.3, -0.25) is 4.79 Å². The van der Waals surface area contributed by atoms with Gasteiger partial charge in [0.15, 0.2) is 0 Å².